The van der Waals surface area contributed by atoms with Crippen molar-refractivity contribution in [3.8, 4) is 0 Å². The van der Waals surface area contributed by atoms with Crippen molar-refractivity contribution in [2.45, 2.75) is 45.7 Å². The Kier molecular flexibility index (Phi) is 6.24. The van der Waals surface area contributed by atoms with Crippen LogP contribution in [0.3, 0.4) is 0 Å². The molecule has 0 saturated carbocycles. The fourth-order valence-electron chi connectivity index (χ4n) is 3.83. The van der Waals surface area contributed by atoms with Crippen LogP contribution in [0.5, 0.6) is 0 Å². The average molecular weight is 377 g/mol. The van der Waals surface area contributed by atoms with Crippen LogP contribution in [0.2, 0.25) is 0 Å². The van der Waals surface area contributed by atoms with Crippen molar-refractivity contribution >= 4 is 5.91 Å². The third-order valence-electron chi connectivity index (χ3n) is 5.15. The molecule has 1 amide bonds. The van der Waals surface area contributed by atoms with Gasteiger partial charge >= 0.3 is 0 Å². The highest BCUT2D eigenvalue weighted by molar-refractivity contribution is 5.92. The lowest BCUT2D eigenvalue weighted by molar-refractivity contribution is -0.127. The topological polar surface area (TPSA) is 59.8 Å². The average Bonchev–Trinajstić information content (AvgIpc) is 3.16. The van der Waals surface area contributed by atoms with E-state index in [1.165, 1.54) is 0 Å². The Labute approximate surface area is 166 Å². The fraction of sp³-hybridized carbons (Fsp3) is 0.348. The van der Waals surface area contributed by atoms with E-state index in [1.807, 2.05) is 71.5 Å². The smallest absolute Gasteiger partial charge is 0.235 e. The first-order valence-corrected chi connectivity index (χ1v) is 9.87. The predicted octanol–water partition coefficient (Wildman–Crippen LogP) is 3.95. The standard InChI is InChI=1S/C23H28N4O/c1-4-15-27-17-21(25-26-27)16-24-22(28)23(18(2)3,19-11-7-5-8-12-19)20-13-9-6-10-14-20/h5-14,17-18H,4,15-16H2,1-3H3,(H,24,28). The number of hydrogen-bond donors (Lipinski definition) is 1. The number of amides is 1. The molecule has 3 rings (SSSR count). The summed E-state index contributed by atoms with van der Waals surface area (Å²) < 4.78 is 1.81. The van der Waals surface area contributed by atoms with Gasteiger partial charge < -0.3 is 5.32 Å². The molecule has 0 radical (unpaired) electrons. The van der Waals surface area contributed by atoms with Crippen LogP contribution >= 0.6 is 0 Å². The minimum absolute atomic E-state index is 0.0232. The van der Waals surface area contributed by atoms with Crippen LogP contribution in [0.15, 0.2) is 66.9 Å². The largest absolute Gasteiger partial charge is 0.349 e. The molecular weight excluding hydrogens is 348 g/mol. The molecular formula is C23H28N4O. The van der Waals surface area contributed by atoms with E-state index >= 15 is 0 Å². The van der Waals surface area contributed by atoms with E-state index in [0.717, 1.165) is 29.8 Å². The Bertz CT molecular complexity index is 848. The van der Waals surface area contributed by atoms with Crippen molar-refractivity contribution in [3.05, 3.63) is 83.7 Å². The summed E-state index contributed by atoms with van der Waals surface area (Å²) in [6.45, 7) is 7.47. The summed E-state index contributed by atoms with van der Waals surface area (Å²) in [7, 11) is 0. The molecule has 0 aliphatic rings. The SMILES string of the molecule is CCCn1cc(CNC(=O)C(c2ccccc2)(c2ccccc2)C(C)C)nn1. The summed E-state index contributed by atoms with van der Waals surface area (Å²) in [5.41, 5.74) is 1.97. The highest BCUT2D eigenvalue weighted by Gasteiger charge is 2.44. The fourth-order valence-corrected chi connectivity index (χ4v) is 3.83. The Morgan fingerprint density at radius 1 is 1.04 bits per heavy atom. The molecule has 1 aromatic heterocycles. The van der Waals surface area contributed by atoms with Crippen LogP contribution in [-0.4, -0.2) is 20.9 Å². The van der Waals surface area contributed by atoms with E-state index in [1.54, 1.807) is 0 Å². The molecule has 1 heterocycles. The number of rotatable bonds is 8. The lowest BCUT2D eigenvalue weighted by Crippen LogP contribution is -2.48. The van der Waals surface area contributed by atoms with Crippen LogP contribution in [0.25, 0.3) is 0 Å². The quantitative estimate of drug-likeness (QED) is 0.648. The molecule has 5 nitrogen and oxygen atoms in total. The zero-order valence-corrected chi connectivity index (χ0v) is 16.8. The number of aryl methyl sites for hydroxylation is 1. The molecule has 0 atom stereocenters. The molecule has 0 saturated heterocycles. The molecule has 0 aliphatic carbocycles. The number of carbonyl (C=O) groups is 1. The van der Waals surface area contributed by atoms with E-state index in [2.05, 4.69) is 36.4 Å². The minimum atomic E-state index is -0.776. The van der Waals surface area contributed by atoms with Crippen molar-refractivity contribution in [1.29, 1.82) is 0 Å². The molecule has 1 N–H and O–H groups in total. The molecule has 0 spiro atoms. The van der Waals surface area contributed by atoms with Gasteiger partial charge in [-0.3, -0.25) is 9.48 Å². The molecule has 2 aromatic carbocycles. The van der Waals surface area contributed by atoms with Crippen LogP contribution in [-0.2, 0) is 23.3 Å². The van der Waals surface area contributed by atoms with Crippen LogP contribution in [0, 0.1) is 5.92 Å². The molecule has 0 fully saturated rings. The van der Waals surface area contributed by atoms with Gasteiger partial charge in [-0.15, -0.1) is 5.10 Å². The van der Waals surface area contributed by atoms with E-state index in [-0.39, 0.29) is 11.8 Å². The first-order valence-electron chi connectivity index (χ1n) is 9.87. The summed E-state index contributed by atoms with van der Waals surface area (Å²) in [4.78, 5) is 13.6. The predicted molar refractivity (Wildman–Crippen MR) is 111 cm³/mol. The zero-order valence-electron chi connectivity index (χ0n) is 16.8. The van der Waals surface area contributed by atoms with Gasteiger partial charge in [0.1, 0.15) is 11.1 Å². The Morgan fingerprint density at radius 3 is 2.11 bits per heavy atom. The first kappa shape index (κ1) is 19.8. The summed E-state index contributed by atoms with van der Waals surface area (Å²) in [5, 5.41) is 11.4. The first-order chi connectivity index (χ1) is 13.6. The summed E-state index contributed by atoms with van der Waals surface area (Å²) in [5.74, 6) is 0.0398. The number of nitrogens with one attached hydrogen (secondary N) is 1. The second kappa shape index (κ2) is 8.83. The van der Waals surface area contributed by atoms with Crippen molar-refractivity contribution in [2.75, 3.05) is 0 Å². The van der Waals surface area contributed by atoms with Gasteiger partial charge in [0, 0.05) is 6.54 Å². The normalized spacial score (nSPS) is 11.6. The molecule has 0 aliphatic heterocycles. The Balaban J connectivity index is 1.95. The third-order valence-corrected chi connectivity index (χ3v) is 5.15. The maximum absolute atomic E-state index is 13.6. The van der Waals surface area contributed by atoms with Crippen molar-refractivity contribution in [2.24, 2.45) is 5.92 Å². The summed E-state index contributed by atoms with van der Waals surface area (Å²) in [6, 6.07) is 20.0. The van der Waals surface area contributed by atoms with E-state index < -0.39 is 5.41 Å². The monoisotopic (exact) mass is 376 g/mol. The second-order valence-electron chi connectivity index (χ2n) is 7.35. The van der Waals surface area contributed by atoms with Crippen molar-refractivity contribution in [1.82, 2.24) is 20.3 Å². The van der Waals surface area contributed by atoms with Gasteiger partial charge in [0.05, 0.1) is 12.7 Å². The summed E-state index contributed by atoms with van der Waals surface area (Å²) >= 11 is 0. The van der Waals surface area contributed by atoms with Crippen molar-refractivity contribution in [3.63, 3.8) is 0 Å². The van der Waals surface area contributed by atoms with Gasteiger partial charge in [-0.2, -0.15) is 0 Å². The second-order valence-corrected chi connectivity index (χ2v) is 7.35. The lowest BCUT2D eigenvalue weighted by Gasteiger charge is -2.37. The maximum atomic E-state index is 13.6. The van der Waals surface area contributed by atoms with E-state index in [0.29, 0.717) is 6.54 Å². The number of hydrogen-bond acceptors (Lipinski definition) is 3. The van der Waals surface area contributed by atoms with Gasteiger partial charge in [-0.25, -0.2) is 0 Å². The molecule has 3 aromatic rings. The van der Waals surface area contributed by atoms with E-state index in [4.69, 9.17) is 0 Å². The highest BCUT2D eigenvalue weighted by Crippen LogP contribution is 2.39. The van der Waals surface area contributed by atoms with E-state index in [9.17, 15) is 4.79 Å². The maximum Gasteiger partial charge on any atom is 0.235 e. The van der Waals surface area contributed by atoms with Gasteiger partial charge in [0.15, 0.2) is 0 Å². The minimum Gasteiger partial charge on any atom is -0.349 e. The molecule has 0 bridgehead atoms. The molecule has 0 unspecified atom stereocenters. The molecule has 5 heteroatoms. The van der Waals surface area contributed by atoms with Gasteiger partial charge in [-0.05, 0) is 23.5 Å². The number of aromatic nitrogens is 3. The van der Waals surface area contributed by atoms with Gasteiger partial charge in [0.25, 0.3) is 0 Å². The lowest BCUT2D eigenvalue weighted by atomic mass is 9.66. The molecule has 146 valence electrons. The summed E-state index contributed by atoms with van der Waals surface area (Å²) in [6.07, 6.45) is 2.89. The Morgan fingerprint density at radius 2 is 1.61 bits per heavy atom. The van der Waals surface area contributed by atoms with Gasteiger partial charge in [-0.1, -0.05) is 86.6 Å². The Hall–Kier alpha value is -2.95. The highest BCUT2D eigenvalue weighted by atomic mass is 16.2. The van der Waals surface area contributed by atoms with Crippen LogP contribution in [0.4, 0.5) is 0 Å². The molecule has 28 heavy (non-hydrogen) atoms. The zero-order chi connectivity index (χ0) is 20.0. The van der Waals surface area contributed by atoms with Gasteiger partial charge in [0.2, 0.25) is 5.91 Å². The number of carbonyl (C=O) groups excluding carboxylic acids is 1. The van der Waals surface area contributed by atoms with Crippen LogP contribution in [0.1, 0.15) is 44.0 Å². The number of benzene rings is 2. The van der Waals surface area contributed by atoms with Crippen molar-refractivity contribution < 1.29 is 4.79 Å². The van der Waals surface area contributed by atoms with Crippen LogP contribution < -0.4 is 5.32 Å². The number of nitrogens with zero attached hydrogens (tertiary/aromatic N) is 3. The third kappa shape index (κ3) is 3.84.